The van der Waals surface area contributed by atoms with Crippen LogP contribution < -0.4 is 5.11 Å². The second kappa shape index (κ2) is 7.62. The van der Waals surface area contributed by atoms with Gasteiger partial charge in [0.2, 0.25) is 0 Å². The van der Waals surface area contributed by atoms with Crippen LogP contribution in [0.2, 0.25) is 0 Å². The van der Waals surface area contributed by atoms with E-state index in [9.17, 15) is 9.90 Å². The van der Waals surface area contributed by atoms with Crippen molar-refractivity contribution in [2.75, 3.05) is 0 Å². The third kappa shape index (κ3) is 6.33. The predicted octanol–water partition coefficient (Wildman–Crippen LogP) is 1.11. The number of aliphatic carboxylic acids is 1. The summed E-state index contributed by atoms with van der Waals surface area (Å²) in [7, 11) is 0. The van der Waals surface area contributed by atoms with Crippen molar-refractivity contribution in [1.82, 2.24) is 0 Å². The minimum absolute atomic E-state index is 0. The molecule has 0 amide bonds. The number of hydrogen-bond acceptors (Lipinski definition) is 2. The molecule has 0 radical (unpaired) electrons. The van der Waals surface area contributed by atoms with E-state index in [1.807, 2.05) is 0 Å². The summed E-state index contributed by atoms with van der Waals surface area (Å²) in [6.45, 7) is 0. The Balaban J connectivity index is 0.00000144. The normalized spacial score (nSPS) is 17.8. The number of carbonyl (C=O) groups is 1. The van der Waals surface area contributed by atoms with Crippen LogP contribution in [0.1, 0.15) is 51.4 Å². The Morgan fingerprint density at radius 1 is 1.23 bits per heavy atom. The number of carboxylic acids is 1. The molecule has 0 aliphatic heterocycles. The molecule has 1 rings (SSSR count). The third-order valence-electron chi connectivity index (χ3n) is 2.72. The van der Waals surface area contributed by atoms with Gasteiger partial charge in [-0.3, -0.25) is 0 Å². The van der Waals surface area contributed by atoms with E-state index in [4.69, 9.17) is 0 Å². The smallest absolute Gasteiger partial charge is 0.550 e. The van der Waals surface area contributed by atoms with Gasteiger partial charge in [-0.25, -0.2) is 0 Å². The predicted molar refractivity (Wildman–Crippen MR) is 51.2 cm³/mol. The van der Waals surface area contributed by atoms with Gasteiger partial charge >= 0.3 is 23.1 Å². The zero-order valence-corrected chi connectivity index (χ0v) is 9.67. The Labute approximate surface area is 96.2 Å². The molecule has 0 spiro atoms. The molecule has 3 heteroatoms. The molecule has 0 unspecified atom stereocenters. The number of carbonyl (C=O) groups excluding carboxylic acids is 1. The monoisotopic (exact) mass is 193 g/mol. The molecule has 0 bridgehead atoms. The summed E-state index contributed by atoms with van der Waals surface area (Å²) < 4.78 is 0. The topological polar surface area (TPSA) is 40.1 Å². The van der Waals surface area contributed by atoms with Crippen LogP contribution in [0.3, 0.4) is 0 Å². The summed E-state index contributed by atoms with van der Waals surface area (Å²) in [5.74, 6) is -0.0936. The molecule has 1 fully saturated rings. The zero-order chi connectivity index (χ0) is 8.81. The molecule has 1 aliphatic carbocycles. The molecule has 0 atom stereocenters. The van der Waals surface area contributed by atoms with Crippen LogP contribution in [0, 0.1) is 5.92 Å². The van der Waals surface area contributed by atoms with Crippen molar-refractivity contribution in [2.45, 2.75) is 51.4 Å². The largest absolute Gasteiger partial charge is 2.00 e. The summed E-state index contributed by atoms with van der Waals surface area (Å²) >= 11 is 0. The van der Waals surface area contributed by atoms with Gasteiger partial charge in [0.05, 0.1) is 0 Å². The van der Waals surface area contributed by atoms with Crippen molar-refractivity contribution in [1.29, 1.82) is 0 Å². The molecule has 0 aromatic carbocycles. The van der Waals surface area contributed by atoms with E-state index in [-0.39, 0.29) is 29.5 Å². The minimum Gasteiger partial charge on any atom is -0.550 e. The average molecular weight is 194 g/mol. The van der Waals surface area contributed by atoms with Crippen LogP contribution in [0.25, 0.3) is 0 Å². The first-order chi connectivity index (χ1) is 5.79. The molecule has 2 nitrogen and oxygen atoms in total. The summed E-state index contributed by atoms with van der Waals surface area (Å²) in [4.78, 5) is 10.1. The maximum absolute atomic E-state index is 10.1. The summed E-state index contributed by atoms with van der Waals surface area (Å²) in [6.07, 6.45) is 8.83. The molecule has 0 aromatic heterocycles. The molecular formula is C10H17MgO2+. The Kier molecular flexibility index (Phi) is 7.76. The van der Waals surface area contributed by atoms with Crippen LogP contribution in [0.5, 0.6) is 0 Å². The Bertz CT molecular complexity index is 142. The van der Waals surface area contributed by atoms with Crippen LogP contribution in [0.15, 0.2) is 0 Å². The minimum atomic E-state index is -0.897. The van der Waals surface area contributed by atoms with E-state index in [1.165, 1.54) is 32.1 Å². The fourth-order valence-corrected chi connectivity index (χ4v) is 2.01. The molecule has 13 heavy (non-hydrogen) atoms. The van der Waals surface area contributed by atoms with Crippen molar-refractivity contribution in [3.05, 3.63) is 0 Å². The maximum Gasteiger partial charge on any atom is 2.00 e. The van der Waals surface area contributed by atoms with Crippen molar-refractivity contribution in [3.8, 4) is 0 Å². The Morgan fingerprint density at radius 3 is 2.38 bits per heavy atom. The van der Waals surface area contributed by atoms with E-state index >= 15 is 0 Å². The maximum atomic E-state index is 10.1. The number of carboxylic acid groups (broad SMARTS) is 1. The molecule has 0 saturated heterocycles. The Morgan fingerprint density at radius 2 is 1.85 bits per heavy atom. The fraction of sp³-hybridized carbons (Fsp3) is 0.900. The molecule has 0 N–H and O–H groups in total. The van der Waals surface area contributed by atoms with Gasteiger partial charge in [-0.15, -0.1) is 0 Å². The number of rotatable bonds is 4. The average Bonchev–Trinajstić information content (AvgIpc) is 2.05. The standard InChI is InChI=1S/C10H18O2.Mg/c11-10(12)8-4-7-9-5-2-1-3-6-9;/h9H,1-8H2,(H,11,12);/q;+2/p-1. The first-order valence-electron chi connectivity index (χ1n) is 4.99. The van der Waals surface area contributed by atoms with Gasteiger partial charge in [-0.05, 0) is 18.8 Å². The second-order valence-corrected chi connectivity index (χ2v) is 3.77. The van der Waals surface area contributed by atoms with Gasteiger partial charge in [0, 0.05) is 5.97 Å². The molecule has 1 saturated carbocycles. The van der Waals surface area contributed by atoms with E-state index < -0.39 is 5.97 Å². The molecule has 0 aromatic rings. The summed E-state index contributed by atoms with van der Waals surface area (Å²) in [5.41, 5.74) is 0. The SMILES string of the molecule is O=C([O-])CCCC1CCCCC1.[Mg+2]. The molecule has 1 aliphatic rings. The first-order valence-corrected chi connectivity index (χ1v) is 4.99. The van der Waals surface area contributed by atoms with Crippen LogP contribution in [0.4, 0.5) is 0 Å². The fourth-order valence-electron chi connectivity index (χ4n) is 2.01. The van der Waals surface area contributed by atoms with Gasteiger partial charge in [0.25, 0.3) is 0 Å². The van der Waals surface area contributed by atoms with E-state index in [0.29, 0.717) is 0 Å². The van der Waals surface area contributed by atoms with Gasteiger partial charge in [-0.1, -0.05) is 38.5 Å². The van der Waals surface area contributed by atoms with Crippen molar-refractivity contribution < 1.29 is 9.90 Å². The van der Waals surface area contributed by atoms with Crippen LogP contribution in [-0.4, -0.2) is 29.0 Å². The first kappa shape index (κ1) is 13.2. The second-order valence-electron chi connectivity index (χ2n) is 3.77. The van der Waals surface area contributed by atoms with Crippen LogP contribution >= 0.6 is 0 Å². The van der Waals surface area contributed by atoms with Gasteiger partial charge < -0.3 is 9.90 Å². The van der Waals surface area contributed by atoms with E-state index in [0.717, 1.165) is 18.8 Å². The van der Waals surface area contributed by atoms with Gasteiger partial charge in [-0.2, -0.15) is 0 Å². The quantitative estimate of drug-likeness (QED) is 0.628. The molecule has 0 heterocycles. The molecular weight excluding hydrogens is 176 g/mol. The van der Waals surface area contributed by atoms with E-state index in [2.05, 4.69) is 0 Å². The van der Waals surface area contributed by atoms with Crippen molar-refractivity contribution >= 4 is 29.0 Å². The number of hydrogen-bond donors (Lipinski definition) is 0. The van der Waals surface area contributed by atoms with Crippen LogP contribution in [-0.2, 0) is 4.79 Å². The van der Waals surface area contributed by atoms with Gasteiger partial charge in [0.1, 0.15) is 0 Å². The zero-order valence-electron chi connectivity index (χ0n) is 8.26. The summed E-state index contributed by atoms with van der Waals surface area (Å²) in [5, 5.41) is 10.1. The van der Waals surface area contributed by atoms with E-state index in [1.54, 1.807) is 0 Å². The van der Waals surface area contributed by atoms with Crippen molar-refractivity contribution in [2.24, 2.45) is 5.92 Å². The third-order valence-corrected chi connectivity index (χ3v) is 2.72. The molecule has 70 valence electrons. The van der Waals surface area contributed by atoms with Crippen molar-refractivity contribution in [3.63, 3.8) is 0 Å². The Hall–Kier alpha value is 0.236. The van der Waals surface area contributed by atoms with Gasteiger partial charge in [0.15, 0.2) is 0 Å². The summed E-state index contributed by atoms with van der Waals surface area (Å²) in [6, 6.07) is 0.